The van der Waals surface area contributed by atoms with Crippen LogP contribution in [0.25, 0.3) is 16.8 Å². The number of ether oxygens (including phenoxy) is 2. The number of anilines is 1. The smallest absolute Gasteiger partial charge is 0.338 e. The first kappa shape index (κ1) is 26.5. The van der Waals surface area contributed by atoms with Crippen molar-refractivity contribution in [3.8, 4) is 5.75 Å². The molecule has 0 radical (unpaired) electrons. The van der Waals surface area contributed by atoms with E-state index in [9.17, 15) is 9.59 Å². The molecule has 0 bridgehead atoms. The number of rotatable bonds is 8. The van der Waals surface area contributed by atoms with Crippen molar-refractivity contribution in [2.75, 3.05) is 32.7 Å². The van der Waals surface area contributed by atoms with Crippen LogP contribution in [0.15, 0.2) is 74.0 Å². The minimum atomic E-state index is -0.779. The van der Waals surface area contributed by atoms with Crippen LogP contribution in [0.2, 0.25) is 0 Å². The highest BCUT2D eigenvalue weighted by Gasteiger charge is 2.37. The molecule has 4 aromatic rings. The molecule has 202 valence electrons. The lowest BCUT2D eigenvalue weighted by Crippen LogP contribution is -2.40. The van der Waals surface area contributed by atoms with E-state index in [0.717, 1.165) is 22.8 Å². The van der Waals surface area contributed by atoms with Gasteiger partial charge in [-0.15, -0.1) is 0 Å². The Labute approximate surface area is 230 Å². The summed E-state index contributed by atoms with van der Waals surface area (Å²) in [6.07, 6.45) is 3.06. The summed E-state index contributed by atoms with van der Waals surface area (Å²) in [4.78, 5) is 34.9. The Balaban J connectivity index is 1.85. The van der Waals surface area contributed by atoms with Crippen LogP contribution in [-0.4, -0.2) is 38.3 Å². The van der Waals surface area contributed by atoms with Crippen LogP contribution in [0.3, 0.4) is 0 Å². The van der Waals surface area contributed by atoms with E-state index in [1.807, 2.05) is 74.4 Å². The summed E-state index contributed by atoms with van der Waals surface area (Å²) in [6.45, 7) is 4.01. The Morgan fingerprint density at radius 2 is 1.95 bits per heavy atom. The predicted molar refractivity (Wildman–Crippen MR) is 153 cm³/mol. The molecule has 2 aromatic carbocycles. The van der Waals surface area contributed by atoms with E-state index < -0.39 is 12.0 Å². The Morgan fingerprint density at radius 1 is 1.15 bits per heavy atom. The molecule has 2 aromatic heterocycles. The fourth-order valence-electron chi connectivity index (χ4n) is 4.92. The zero-order valence-electron chi connectivity index (χ0n) is 22.7. The highest BCUT2D eigenvalue weighted by atomic mass is 32.1. The molecule has 9 heteroatoms. The molecular weight excluding hydrogens is 514 g/mol. The molecule has 0 fully saturated rings. The lowest BCUT2D eigenvalue weighted by molar-refractivity contribution is -0.139. The Hall–Kier alpha value is -4.11. The van der Waals surface area contributed by atoms with Gasteiger partial charge in [-0.3, -0.25) is 9.36 Å². The molecule has 0 aliphatic carbocycles. The molecular formula is C30H31N3O5S. The predicted octanol–water partition coefficient (Wildman–Crippen LogP) is 4.40. The first-order valence-corrected chi connectivity index (χ1v) is 13.7. The van der Waals surface area contributed by atoms with E-state index in [1.165, 1.54) is 11.3 Å². The molecule has 0 saturated carbocycles. The third kappa shape index (κ3) is 4.78. The number of hydrogen-bond acceptors (Lipinski definition) is 8. The molecule has 1 aliphatic heterocycles. The number of hydrogen-bond donors (Lipinski definition) is 0. The van der Waals surface area contributed by atoms with Crippen molar-refractivity contribution in [3.05, 3.63) is 90.8 Å². The topological polar surface area (TPSA) is 86.3 Å². The zero-order chi connectivity index (χ0) is 27.7. The average Bonchev–Trinajstić information content (AvgIpc) is 3.52. The van der Waals surface area contributed by atoms with Crippen molar-refractivity contribution in [1.82, 2.24) is 4.57 Å². The van der Waals surface area contributed by atoms with Gasteiger partial charge in [-0.25, -0.2) is 9.79 Å². The van der Waals surface area contributed by atoms with Crippen LogP contribution in [0.5, 0.6) is 5.75 Å². The molecule has 1 aliphatic rings. The lowest BCUT2D eigenvalue weighted by Gasteiger charge is -2.28. The van der Waals surface area contributed by atoms with Gasteiger partial charge in [0.15, 0.2) is 10.7 Å². The number of thiazole rings is 1. The maximum Gasteiger partial charge on any atom is 0.338 e. The Kier molecular flexibility index (Phi) is 7.43. The fourth-order valence-corrected chi connectivity index (χ4v) is 5.92. The molecule has 0 saturated heterocycles. The maximum atomic E-state index is 14.1. The third-order valence-electron chi connectivity index (χ3n) is 6.64. The van der Waals surface area contributed by atoms with Crippen molar-refractivity contribution in [2.45, 2.75) is 32.7 Å². The van der Waals surface area contributed by atoms with Crippen molar-refractivity contribution < 1.29 is 18.7 Å². The number of benzene rings is 2. The summed E-state index contributed by atoms with van der Waals surface area (Å²) in [5.41, 5.74) is 1.44. The Bertz CT molecular complexity index is 1760. The number of methoxy groups -OCH3 is 1. The SMILES string of the molecule is CCCC1=C(C(=O)OCC)[C@@H](c2c(OC)ccc3ccccc23)n2c(sc(=Cc3ccc(N(C)C)o3)c2=O)=N1. The van der Waals surface area contributed by atoms with Gasteiger partial charge in [0.25, 0.3) is 5.56 Å². The first-order chi connectivity index (χ1) is 18.9. The van der Waals surface area contributed by atoms with Gasteiger partial charge in [-0.05, 0) is 36.2 Å². The summed E-state index contributed by atoms with van der Waals surface area (Å²) < 4.78 is 19.3. The number of furan rings is 1. The van der Waals surface area contributed by atoms with E-state index in [1.54, 1.807) is 24.7 Å². The maximum absolute atomic E-state index is 14.1. The van der Waals surface area contributed by atoms with Gasteiger partial charge >= 0.3 is 5.97 Å². The second-order valence-corrected chi connectivity index (χ2v) is 10.4. The van der Waals surface area contributed by atoms with Gasteiger partial charge in [-0.2, -0.15) is 0 Å². The van der Waals surface area contributed by atoms with E-state index in [2.05, 4.69) is 0 Å². The van der Waals surface area contributed by atoms with Gasteiger partial charge < -0.3 is 18.8 Å². The van der Waals surface area contributed by atoms with Gasteiger partial charge in [0.1, 0.15) is 17.6 Å². The van der Waals surface area contributed by atoms with E-state index in [4.69, 9.17) is 18.9 Å². The van der Waals surface area contributed by atoms with E-state index >= 15 is 0 Å². The van der Waals surface area contributed by atoms with Gasteiger partial charge in [0.05, 0.1) is 29.5 Å². The van der Waals surface area contributed by atoms with Crippen molar-refractivity contribution in [1.29, 1.82) is 0 Å². The Morgan fingerprint density at radius 3 is 2.64 bits per heavy atom. The molecule has 3 heterocycles. The highest BCUT2D eigenvalue weighted by molar-refractivity contribution is 7.07. The van der Waals surface area contributed by atoms with Crippen LogP contribution in [0.4, 0.5) is 5.88 Å². The molecule has 1 atom stereocenters. The van der Waals surface area contributed by atoms with Gasteiger partial charge in [0, 0.05) is 31.8 Å². The number of nitrogens with zero attached hydrogens (tertiary/aromatic N) is 3. The normalized spacial score (nSPS) is 15.3. The van der Waals surface area contributed by atoms with Gasteiger partial charge in [-0.1, -0.05) is 55.0 Å². The number of carbonyl (C=O) groups is 1. The molecule has 8 nitrogen and oxygen atoms in total. The van der Waals surface area contributed by atoms with E-state index in [0.29, 0.717) is 44.4 Å². The van der Waals surface area contributed by atoms with Crippen LogP contribution in [0.1, 0.15) is 44.1 Å². The second kappa shape index (κ2) is 10.9. The van der Waals surface area contributed by atoms with Crippen LogP contribution in [-0.2, 0) is 9.53 Å². The molecule has 0 spiro atoms. The first-order valence-electron chi connectivity index (χ1n) is 12.9. The minimum Gasteiger partial charge on any atom is -0.496 e. The van der Waals surface area contributed by atoms with Crippen molar-refractivity contribution in [3.63, 3.8) is 0 Å². The molecule has 0 amide bonds. The standard InChI is InChI=1S/C30H31N3O5S/c1-6-10-21-26(29(35)37-7-2)27(25-20-12-9-8-11-18(20)13-15-22(25)36-5)33-28(34)23(39-30(33)31-21)17-19-14-16-24(38-19)32(3)4/h8-9,11-17,27H,6-7,10H2,1-5H3/t27-/m1/s1. The van der Waals surface area contributed by atoms with E-state index in [-0.39, 0.29) is 12.2 Å². The number of allylic oxidation sites excluding steroid dienone is 1. The lowest BCUT2D eigenvalue weighted by atomic mass is 9.90. The summed E-state index contributed by atoms with van der Waals surface area (Å²) >= 11 is 1.28. The number of carbonyl (C=O) groups excluding carboxylic acids is 1. The molecule has 0 unspecified atom stereocenters. The van der Waals surface area contributed by atoms with Crippen LogP contribution >= 0.6 is 11.3 Å². The second-order valence-electron chi connectivity index (χ2n) is 9.39. The monoisotopic (exact) mass is 545 g/mol. The summed E-state index contributed by atoms with van der Waals surface area (Å²) in [6, 6.07) is 14.6. The number of fused-ring (bicyclic) bond motifs is 2. The van der Waals surface area contributed by atoms with Crippen LogP contribution in [0, 0.1) is 0 Å². The molecule has 39 heavy (non-hydrogen) atoms. The van der Waals surface area contributed by atoms with Crippen LogP contribution < -0.4 is 24.5 Å². The largest absolute Gasteiger partial charge is 0.496 e. The number of esters is 1. The summed E-state index contributed by atoms with van der Waals surface area (Å²) in [5.74, 6) is 1.33. The average molecular weight is 546 g/mol. The van der Waals surface area contributed by atoms with Gasteiger partial charge in [0.2, 0.25) is 0 Å². The van der Waals surface area contributed by atoms with Crippen molar-refractivity contribution >= 4 is 40.0 Å². The minimum absolute atomic E-state index is 0.207. The zero-order valence-corrected chi connectivity index (χ0v) is 23.5. The molecule has 0 N–H and O–H groups in total. The summed E-state index contributed by atoms with van der Waals surface area (Å²) in [7, 11) is 5.37. The highest BCUT2D eigenvalue weighted by Crippen LogP contribution is 2.41. The number of aromatic nitrogens is 1. The fraction of sp³-hybridized carbons (Fsp3) is 0.300. The quantitative estimate of drug-likeness (QED) is 0.305. The van der Waals surface area contributed by atoms with Crippen molar-refractivity contribution in [2.24, 2.45) is 4.99 Å². The molecule has 5 rings (SSSR count). The summed E-state index contributed by atoms with van der Waals surface area (Å²) in [5, 5.41) is 1.86. The third-order valence-corrected chi connectivity index (χ3v) is 7.63.